The zero-order chi connectivity index (χ0) is 16.8. The molecule has 1 aliphatic carbocycles. The van der Waals surface area contributed by atoms with Crippen molar-refractivity contribution in [2.24, 2.45) is 0 Å². The summed E-state index contributed by atoms with van der Waals surface area (Å²) in [4.78, 5) is 33.7. The molecule has 0 spiro atoms. The first-order valence-corrected chi connectivity index (χ1v) is 8.20. The van der Waals surface area contributed by atoms with Crippen LogP contribution in [-0.2, 0) is 4.79 Å². The smallest absolute Gasteiger partial charge is 0.254 e. The molecule has 2 atom stereocenters. The van der Waals surface area contributed by atoms with E-state index < -0.39 is 11.7 Å². The highest BCUT2D eigenvalue weighted by molar-refractivity contribution is 9.10. The van der Waals surface area contributed by atoms with Gasteiger partial charge in [-0.3, -0.25) is 14.9 Å². The first-order chi connectivity index (χ1) is 11.5. The third-order valence-electron chi connectivity index (χ3n) is 4.25. The molecule has 2 amide bonds. The normalized spacial score (nSPS) is 21.1. The monoisotopic (exact) mass is 390 g/mol. The molecule has 2 aromatic rings. The van der Waals surface area contributed by atoms with Gasteiger partial charge in [0.05, 0.1) is 12.4 Å². The van der Waals surface area contributed by atoms with Crippen molar-refractivity contribution in [3.8, 4) is 0 Å². The highest BCUT2D eigenvalue weighted by Crippen LogP contribution is 2.50. The van der Waals surface area contributed by atoms with E-state index in [-0.39, 0.29) is 30.4 Å². The summed E-state index contributed by atoms with van der Waals surface area (Å²) in [7, 11) is 0. The molecule has 0 radical (unpaired) electrons. The summed E-state index contributed by atoms with van der Waals surface area (Å²) in [5, 5.41) is 2.48. The van der Waals surface area contributed by atoms with E-state index in [1.54, 1.807) is 11.0 Å². The van der Waals surface area contributed by atoms with E-state index in [0.717, 1.165) is 28.9 Å². The molecule has 1 aliphatic heterocycles. The Morgan fingerprint density at radius 3 is 2.88 bits per heavy atom. The third-order valence-corrected chi connectivity index (χ3v) is 4.74. The van der Waals surface area contributed by atoms with Crippen molar-refractivity contribution in [2.45, 2.75) is 18.4 Å². The number of hydrogen-bond acceptors (Lipinski definition) is 4. The number of benzene rings is 1. The maximum atomic E-state index is 12.8. The van der Waals surface area contributed by atoms with Gasteiger partial charge in [-0.15, -0.1) is 0 Å². The number of rotatable bonds is 3. The number of anilines is 1. The van der Waals surface area contributed by atoms with Crippen LogP contribution in [0, 0.1) is 5.82 Å². The fraction of sp³-hybridized carbons (Fsp3) is 0.250. The number of carbonyl (C=O) groups excluding carboxylic acids is 2. The Labute approximate surface area is 145 Å². The quantitative estimate of drug-likeness (QED) is 0.872. The van der Waals surface area contributed by atoms with Gasteiger partial charge in [0.25, 0.3) is 5.91 Å². The molecule has 0 saturated heterocycles. The van der Waals surface area contributed by atoms with E-state index in [0.29, 0.717) is 5.56 Å². The summed E-state index contributed by atoms with van der Waals surface area (Å²) < 4.78 is 13.7. The fourth-order valence-electron chi connectivity index (χ4n) is 3.09. The van der Waals surface area contributed by atoms with Crippen molar-refractivity contribution in [1.82, 2.24) is 14.9 Å². The zero-order valence-electron chi connectivity index (χ0n) is 12.4. The Bertz CT molecular complexity index is 842. The van der Waals surface area contributed by atoms with Crippen LogP contribution in [0.25, 0.3) is 0 Å². The molecule has 0 unspecified atom stereocenters. The van der Waals surface area contributed by atoms with Crippen molar-refractivity contribution in [3.05, 3.63) is 52.0 Å². The van der Waals surface area contributed by atoms with Crippen molar-refractivity contribution < 1.29 is 14.0 Å². The molecule has 122 valence electrons. The SMILES string of the molecule is O=C(CN1C(=O)c2ccc(Br)cc2[C@H]2C[C@H]21)Nc1ncc(F)cn1. The Morgan fingerprint density at radius 1 is 1.38 bits per heavy atom. The van der Waals surface area contributed by atoms with E-state index in [1.807, 2.05) is 12.1 Å². The van der Waals surface area contributed by atoms with Gasteiger partial charge in [-0.1, -0.05) is 15.9 Å². The molecule has 24 heavy (non-hydrogen) atoms. The van der Waals surface area contributed by atoms with Crippen molar-refractivity contribution in [3.63, 3.8) is 0 Å². The van der Waals surface area contributed by atoms with Crippen LogP contribution in [0.1, 0.15) is 28.3 Å². The second-order valence-electron chi connectivity index (χ2n) is 5.85. The highest BCUT2D eigenvalue weighted by Gasteiger charge is 2.50. The molecule has 1 fully saturated rings. The number of hydrogen-bond donors (Lipinski definition) is 1. The van der Waals surface area contributed by atoms with Gasteiger partial charge in [0.2, 0.25) is 11.9 Å². The van der Waals surface area contributed by atoms with Crippen LogP contribution < -0.4 is 5.32 Å². The molecule has 1 aromatic carbocycles. The standard InChI is InChI=1S/C16H12BrFN4O2/c17-8-1-2-10-11(3-8)12-4-13(12)22(15(10)24)7-14(23)21-16-19-5-9(18)6-20-16/h1-3,5-6,12-13H,4,7H2,(H,19,20,21,23)/t12-,13-/m1/s1. The van der Waals surface area contributed by atoms with E-state index >= 15 is 0 Å². The average Bonchev–Trinajstić information content (AvgIpc) is 3.34. The van der Waals surface area contributed by atoms with Gasteiger partial charge in [-0.2, -0.15) is 0 Å². The van der Waals surface area contributed by atoms with Crippen LogP contribution in [0.5, 0.6) is 0 Å². The number of carbonyl (C=O) groups is 2. The minimum Gasteiger partial charge on any atom is -0.326 e. The zero-order valence-corrected chi connectivity index (χ0v) is 14.0. The molecular weight excluding hydrogens is 379 g/mol. The first kappa shape index (κ1) is 15.2. The first-order valence-electron chi connectivity index (χ1n) is 7.41. The topological polar surface area (TPSA) is 75.2 Å². The number of nitrogens with one attached hydrogen (secondary N) is 1. The number of amides is 2. The van der Waals surface area contributed by atoms with Gasteiger partial charge in [-0.25, -0.2) is 14.4 Å². The summed E-state index contributed by atoms with van der Waals surface area (Å²) in [5.41, 5.74) is 1.68. The lowest BCUT2D eigenvalue weighted by Crippen LogP contribution is -2.42. The molecule has 2 heterocycles. The Balaban J connectivity index is 1.49. The Kier molecular flexibility index (Phi) is 3.56. The van der Waals surface area contributed by atoms with E-state index in [9.17, 15) is 14.0 Å². The molecule has 1 saturated carbocycles. The van der Waals surface area contributed by atoms with Crippen LogP contribution in [0.2, 0.25) is 0 Å². The maximum absolute atomic E-state index is 12.8. The van der Waals surface area contributed by atoms with E-state index in [2.05, 4.69) is 31.2 Å². The maximum Gasteiger partial charge on any atom is 0.254 e. The summed E-state index contributed by atoms with van der Waals surface area (Å²) >= 11 is 3.42. The van der Waals surface area contributed by atoms with E-state index in [1.165, 1.54) is 0 Å². The number of nitrogens with zero attached hydrogens (tertiary/aromatic N) is 3. The van der Waals surface area contributed by atoms with E-state index in [4.69, 9.17) is 0 Å². The minimum atomic E-state index is -0.581. The Morgan fingerprint density at radius 2 is 2.12 bits per heavy atom. The van der Waals surface area contributed by atoms with Gasteiger partial charge < -0.3 is 4.90 Å². The highest BCUT2D eigenvalue weighted by atomic mass is 79.9. The summed E-state index contributed by atoms with van der Waals surface area (Å²) in [6.07, 6.45) is 2.80. The molecule has 1 aromatic heterocycles. The molecular formula is C16H12BrFN4O2. The number of fused-ring (bicyclic) bond motifs is 3. The number of aromatic nitrogens is 2. The summed E-state index contributed by atoms with van der Waals surface area (Å²) in [6.45, 7) is -0.0732. The van der Waals surface area contributed by atoms with Gasteiger partial charge in [0, 0.05) is 22.0 Å². The van der Waals surface area contributed by atoms with Crippen molar-refractivity contribution >= 4 is 33.7 Å². The van der Waals surface area contributed by atoms with Crippen LogP contribution >= 0.6 is 15.9 Å². The van der Waals surface area contributed by atoms with Gasteiger partial charge in [0.15, 0.2) is 5.82 Å². The van der Waals surface area contributed by atoms with Crippen LogP contribution in [-0.4, -0.2) is 39.3 Å². The van der Waals surface area contributed by atoms with Crippen molar-refractivity contribution in [2.75, 3.05) is 11.9 Å². The van der Waals surface area contributed by atoms with Gasteiger partial charge >= 0.3 is 0 Å². The molecule has 6 nitrogen and oxygen atoms in total. The lowest BCUT2D eigenvalue weighted by molar-refractivity contribution is -0.117. The second kappa shape index (κ2) is 5.62. The second-order valence-corrected chi connectivity index (χ2v) is 6.76. The molecule has 2 aliphatic rings. The molecule has 4 rings (SSSR count). The van der Waals surface area contributed by atoms with Gasteiger partial charge in [-0.05, 0) is 30.2 Å². The minimum absolute atomic E-state index is 0.0162. The predicted molar refractivity (Wildman–Crippen MR) is 86.9 cm³/mol. The largest absolute Gasteiger partial charge is 0.326 e. The lowest BCUT2D eigenvalue weighted by atomic mass is 9.98. The van der Waals surface area contributed by atoms with Crippen molar-refractivity contribution in [1.29, 1.82) is 0 Å². The summed E-state index contributed by atoms with van der Waals surface area (Å²) in [6, 6.07) is 5.63. The van der Waals surface area contributed by atoms with Crippen LogP contribution in [0.4, 0.5) is 10.3 Å². The molecule has 8 heteroatoms. The average molecular weight is 391 g/mol. The summed E-state index contributed by atoms with van der Waals surface area (Å²) in [5.74, 6) is -0.831. The van der Waals surface area contributed by atoms with Crippen LogP contribution in [0.3, 0.4) is 0 Å². The molecule has 1 N–H and O–H groups in total. The van der Waals surface area contributed by atoms with Crippen LogP contribution in [0.15, 0.2) is 35.1 Å². The third kappa shape index (κ3) is 2.66. The predicted octanol–water partition coefficient (Wildman–Crippen LogP) is 2.33. The fourth-order valence-corrected chi connectivity index (χ4v) is 3.46. The number of halogens is 2. The molecule has 0 bridgehead atoms. The van der Waals surface area contributed by atoms with Gasteiger partial charge in [0.1, 0.15) is 6.54 Å². The Hall–Kier alpha value is -2.35. The lowest BCUT2D eigenvalue weighted by Gasteiger charge is -2.27.